The number of aliphatic hydroxyl groups excluding tert-OH is 1. The molecule has 1 atom stereocenters. The first-order valence-electron chi connectivity index (χ1n) is 7.47. The van der Waals surface area contributed by atoms with Crippen molar-refractivity contribution in [3.05, 3.63) is 65.0 Å². The summed E-state index contributed by atoms with van der Waals surface area (Å²) >= 11 is 0. The smallest absolute Gasteiger partial charge is 0.313 e. The SMILES string of the molecule is Cc1ccc(NC(=O)C(=O)NCC(O)c2ccccc2C)cc1F. The second-order valence-corrected chi connectivity index (χ2v) is 5.50. The number of carbonyl (C=O) groups excluding carboxylic acids is 2. The van der Waals surface area contributed by atoms with E-state index in [2.05, 4.69) is 10.6 Å². The van der Waals surface area contributed by atoms with E-state index in [4.69, 9.17) is 0 Å². The van der Waals surface area contributed by atoms with Gasteiger partial charge in [0.1, 0.15) is 5.82 Å². The molecule has 0 saturated heterocycles. The summed E-state index contributed by atoms with van der Waals surface area (Å²) in [4.78, 5) is 23.6. The normalized spacial score (nSPS) is 11.7. The van der Waals surface area contributed by atoms with Gasteiger partial charge in [0.05, 0.1) is 6.10 Å². The molecule has 2 rings (SSSR count). The minimum Gasteiger partial charge on any atom is -0.387 e. The Labute approximate surface area is 139 Å². The number of nitrogens with one attached hydrogen (secondary N) is 2. The Morgan fingerprint density at radius 3 is 2.46 bits per heavy atom. The molecule has 2 aromatic carbocycles. The van der Waals surface area contributed by atoms with Crippen molar-refractivity contribution in [3.63, 3.8) is 0 Å². The maximum absolute atomic E-state index is 13.4. The van der Waals surface area contributed by atoms with E-state index in [1.165, 1.54) is 12.1 Å². The van der Waals surface area contributed by atoms with Crippen molar-refractivity contribution in [1.29, 1.82) is 0 Å². The quantitative estimate of drug-likeness (QED) is 0.752. The molecule has 0 aliphatic rings. The summed E-state index contributed by atoms with van der Waals surface area (Å²) in [5, 5.41) is 14.8. The van der Waals surface area contributed by atoms with E-state index in [0.29, 0.717) is 11.1 Å². The van der Waals surface area contributed by atoms with Crippen LogP contribution in [-0.2, 0) is 9.59 Å². The highest BCUT2D eigenvalue weighted by Gasteiger charge is 2.17. The zero-order valence-electron chi connectivity index (χ0n) is 13.5. The van der Waals surface area contributed by atoms with E-state index in [-0.39, 0.29) is 12.2 Å². The van der Waals surface area contributed by atoms with Crippen LogP contribution >= 0.6 is 0 Å². The number of hydrogen-bond donors (Lipinski definition) is 3. The van der Waals surface area contributed by atoms with Crippen molar-refractivity contribution < 1.29 is 19.1 Å². The lowest BCUT2D eigenvalue weighted by atomic mass is 10.0. The molecule has 0 aliphatic carbocycles. The van der Waals surface area contributed by atoms with E-state index in [0.717, 1.165) is 11.6 Å². The standard InChI is InChI=1S/C18H19FN2O3/c1-11-5-3-4-6-14(11)16(22)10-20-17(23)18(24)21-13-8-7-12(2)15(19)9-13/h3-9,16,22H,10H2,1-2H3,(H,20,23)(H,21,24). The summed E-state index contributed by atoms with van der Waals surface area (Å²) in [6, 6.07) is 11.4. The van der Waals surface area contributed by atoms with E-state index in [1.54, 1.807) is 19.1 Å². The molecule has 0 saturated carbocycles. The van der Waals surface area contributed by atoms with Crippen LogP contribution in [0.1, 0.15) is 22.8 Å². The lowest BCUT2D eigenvalue weighted by Crippen LogP contribution is -2.37. The number of amides is 2. The Morgan fingerprint density at radius 1 is 1.08 bits per heavy atom. The van der Waals surface area contributed by atoms with E-state index in [1.807, 2.05) is 19.1 Å². The first-order chi connectivity index (χ1) is 11.4. The fourth-order valence-electron chi connectivity index (χ4n) is 2.20. The molecule has 24 heavy (non-hydrogen) atoms. The summed E-state index contributed by atoms with van der Waals surface area (Å²) in [5.74, 6) is -2.29. The Kier molecular flexibility index (Phi) is 5.65. The van der Waals surface area contributed by atoms with Gasteiger partial charge in [-0.2, -0.15) is 0 Å². The molecule has 2 amide bonds. The molecule has 0 radical (unpaired) electrons. The van der Waals surface area contributed by atoms with Crippen LogP contribution < -0.4 is 10.6 Å². The lowest BCUT2D eigenvalue weighted by Gasteiger charge is -2.14. The third kappa shape index (κ3) is 4.39. The Hall–Kier alpha value is -2.73. The van der Waals surface area contributed by atoms with Crippen LogP contribution in [0.4, 0.5) is 10.1 Å². The fraction of sp³-hybridized carbons (Fsp3) is 0.222. The second-order valence-electron chi connectivity index (χ2n) is 5.50. The van der Waals surface area contributed by atoms with Crippen molar-refractivity contribution in [2.45, 2.75) is 20.0 Å². The van der Waals surface area contributed by atoms with E-state index < -0.39 is 23.7 Å². The largest absolute Gasteiger partial charge is 0.387 e. The zero-order valence-corrected chi connectivity index (χ0v) is 13.5. The molecular formula is C18H19FN2O3. The van der Waals surface area contributed by atoms with Gasteiger partial charge in [0, 0.05) is 12.2 Å². The van der Waals surface area contributed by atoms with Gasteiger partial charge in [0.2, 0.25) is 0 Å². The molecule has 0 spiro atoms. The molecule has 0 aromatic heterocycles. The van der Waals surface area contributed by atoms with Crippen LogP contribution in [0.15, 0.2) is 42.5 Å². The first kappa shape index (κ1) is 17.6. The number of carbonyl (C=O) groups is 2. The fourth-order valence-corrected chi connectivity index (χ4v) is 2.20. The molecular weight excluding hydrogens is 311 g/mol. The molecule has 0 bridgehead atoms. The Morgan fingerprint density at radius 2 is 1.79 bits per heavy atom. The highest BCUT2D eigenvalue weighted by atomic mass is 19.1. The van der Waals surface area contributed by atoms with Gasteiger partial charge < -0.3 is 15.7 Å². The van der Waals surface area contributed by atoms with Crippen LogP contribution in [0, 0.1) is 19.7 Å². The van der Waals surface area contributed by atoms with Crippen molar-refractivity contribution in [1.82, 2.24) is 5.32 Å². The third-order valence-electron chi connectivity index (χ3n) is 3.64. The highest BCUT2D eigenvalue weighted by Crippen LogP contribution is 2.16. The van der Waals surface area contributed by atoms with Crippen molar-refractivity contribution in [3.8, 4) is 0 Å². The number of halogens is 1. The van der Waals surface area contributed by atoms with Crippen molar-refractivity contribution >= 4 is 17.5 Å². The van der Waals surface area contributed by atoms with Gasteiger partial charge in [-0.1, -0.05) is 30.3 Å². The molecule has 2 aromatic rings. The third-order valence-corrected chi connectivity index (χ3v) is 3.64. The summed E-state index contributed by atoms with van der Waals surface area (Å²) in [5.41, 5.74) is 2.20. The van der Waals surface area contributed by atoms with Gasteiger partial charge in [-0.25, -0.2) is 4.39 Å². The summed E-state index contributed by atoms with van der Waals surface area (Å²) in [7, 11) is 0. The number of anilines is 1. The molecule has 0 heterocycles. The molecule has 6 heteroatoms. The number of hydrogen-bond acceptors (Lipinski definition) is 3. The number of aryl methyl sites for hydroxylation is 2. The number of benzene rings is 2. The summed E-state index contributed by atoms with van der Waals surface area (Å²) in [6.07, 6.45) is -0.917. The van der Waals surface area contributed by atoms with Gasteiger partial charge in [-0.15, -0.1) is 0 Å². The Bertz CT molecular complexity index is 762. The maximum Gasteiger partial charge on any atom is 0.313 e. The monoisotopic (exact) mass is 330 g/mol. The highest BCUT2D eigenvalue weighted by molar-refractivity contribution is 6.39. The van der Waals surface area contributed by atoms with Crippen molar-refractivity contribution in [2.24, 2.45) is 0 Å². The Balaban J connectivity index is 1.91. The molecule has 5 nitrogen and oxygen atoms in total. The van der Waals surface area contributed by atoms with E-state index >= 15 is 0 Å². The second kappa shape index (κ2) is 7.70. The maximum atomic E-state index is 13.4. The minimum absolute atomic E-state index is 0.0979. The van der Waals surface area contributed by atoms with Gasteiger partial charge in [-0.3, -0.25) is 9.59 Å². The topological polar surface area (TPSA) is 78.4 Å². The molecule has 0 fully saturated rings. The van der Waals surface area contributed by atoms with Gasteiger partial charge >= 0.3 is 11.8 Å². The molecule has 1 unspecified atom stereocenters. The van der Waals surface area contributed by atoms with Crippen LogP contribution in [0.25, 0.3) is 0 Å². The predicted molar refractivity (Wildman–Crippen MR) is 88.9 cm³/mol. The van der Waals surface area contributed by atoms with E-state index in [9.17, 15) is 19.1 Å². The van der Waals surface area contributed by atoms with Gasteiger partial charge in [0.15, 0.2) is 0 Å². The van der Waals surface area contributed by atoms with Crippen LogP contribution in [0.2, 0.25) is 0 Å². The lowest BCUT2D eigenvalue weighted by molar-refractivity contribution is -0.136. The molecule has 0 aliphatic heterocycles. The first-order valence-corrected chi connectivity index (χ1v) is 7.47. The van der Waals surface area contributed by atoms with Crippen LogP contribution in [0.3, 0.4) is 0 Å². The van der Waals surface area contributed by atoms with Crippen molar-refractivity contribution in [2.75, 3.05) is 11.9 Å². The van der Waals surface area contributed by atoms with Gasteiger partial charge in [-0.05, 0) is 42.7 Å². The van der Waals surface area contributed by atoms with Crippen LogP contribution in [-0.4, -0.2) is 23.5 Å². The van der Waals surface area contributed by atoms with Gasteiger partial charge in [0.25, 0.3) is 0 Å². The molecule has 3 N–H and O–H groups in total. The summed E-state index contributed by atoms with van der Waals surface area (Å²) in [6.45, 7) is 3.35. The molecule has 126 valence electrons. The number of rotatable bonds is 4. The average Bonchev–Trinajstić information content (AvgIpc) is 2.56. The zero-order chi connectivity index (χ0) is 17.7. The van der Waals surface area contributed by atoms with Crippen LogP contribution in [0.5, 0.6) is 0 Å². The summed E-state index contributed by atoms with van der Waals surface area (Å²) < 4.78 is 13.4. The average molecular weight is 330 g/mol. The minimum atomic E-state index is -0.921. The predicted octanol–water partition coefficient (Wildman–Crippen LogP) is 2.23. The number of aliphatic hydroxyl groups is 1.